The van der Waals surface area contributed by atoms with E-state index in [0.29, 0.717) is 23.0 Å². The van der Waals surface area contributed by atoms with Crippen molar-refractivity contribution in [2.24, 2.45) is 0 Å². The third kappa shape index (κ3) is 5.37. The van der Waals surface area contributed by atoms with Crippen molar-refractivity contribution >= 4 is 40.2 Å². The number of hydrogen-bond donors (Lipinski definition) is 1. The molecule has 0 spiro atoms. The zero-order valence-electron chi connectivity index (χ0n) is 15.7. The summed E-state index contributed by atoms with van der Waals surface area (Å²) in [6.07, 6.45) is 8.26. The number of aliphatic carboxylic acids is 1. The summed E-state index contributed by atoms with van der Waals surface area (Å²) >= 11 is 12.5. The van der Waals surface area contributed by atoms with Crippen LogP contribution in [0.1, 0.15) is 64.1 Å². The number of rotatable bonds is 11. The number of nitrogens with zero attached hydrogens (tertiary/aromatic N) is 2. The molecule has 2 aromatic rings. The predicted molar refractivity (Wildman–Crippen MR) is 107 cm³/mol. The van der Waals surface area contributed by atoms with Gasteiger partial charge in [-0.15, -0.1) is 0 Å². The van der Waals surface area contributed by atoms with E-state index in [0.717, 1.165) is 29.8 Å². The van der Waals surface area contributed by atoms with Gasteiger partial charge in [-0.3, -0.25) is 4.79 Å². The smallest absolute Gasteiger partial charge is 0.303 e. The summed E-state index contributed by atoms with van der Waals surface area (Å²) in [5, 5.41) is 10.00. The van der Waals surface area contributed by atoms with Gasteiger partial charge in [0, 0.05) is 25.5 Å². The summed E-state index contributed by atoms with van der Waals surface area (Å²) < 4.78 is 4.45. The van der Waals surface area contributed by atoms with Gasteiger partial charge in [0.25, 0.3) is 5.82 Å². The lowest BCUT2D eigenvalue weighted by molar-refractivity contribution is -0.678. The highest BCUT2D eigenvalue weighted by molar-refractivity contribution is 6.42. The van der Waals surface area contributed by atoms with E-state index < -0.39 is 5.97 Å². The summed E-state index contributed by atoms with van der Waals surface area (Å²) in [7, 11) is 0. The molecule has 0 fully saturated rings. The molecule has 1 aromatic heterocycles. The van der Waals surface area contributed by atoms with Gasteiger partial charge < -0.3 is 5.11 Å². The minimum atomic E-state index is -0.764. The Bertz CT molecular complexity index is 756. The summed E-state index contributed by atoms with van der Waals surface area (Å²) in [4.78, 5) is 10.8. The maximum atomic E-state index is 10.8. The lowest BCUT2D eigenvalue weighted by Gasteiger charge is -2.02. The Kier molecular flexibility index (Phi) is 8.23. The van der Waals surface area contributed by atoms with Gasteiger partial charge in [0.15, 0.2) is 11.0 Å². The Morgan fingerprint density at radius 3 is 2.42 bits per heavy atom. The third-order valence-corrected chi connectivity index (χ3v) is 5.61. The first-order valence-electron chi connectivity index (χ1n) is 9.55. The quantitative estimate of drug-likeness (QED) is 0.385. The van der Waals surface area contributed by atoms with Crippen LogP contribution in [0.3, 0.4) is 0 Å². The van der Waals surface area contributed by atoms with Crippen molar-refractivity contribution in [2.45, 2.75) is 78.3 Å². The first kappa shape index (κ1) is 21.0. The standard InChI is InChI=1S/C20H28Cl2N2O2/c1-3-4-5-6-7-8-11-23-15(2)24(12-9-10-20(25)26)19-14-17(22)16(21)13-18(19)23/h13-14H,3-12H2,1-2H3/p+1. The summed E-state index contributed by atoms with van der Waals surface area (Å²) in [5.74, 6) is 0.359. The number of aryl methyl sites for hydroxylation is 2. The molecule has 0 atom stereocenters. The SMILES string of the molecule is CCCCCCCCn1c(C)[n+](CCCC(=O)O)c2cc(Cl)c(Cl)cc21. The van der Waals surface area contributed by atoms with Crippen LogP contribution in [0.15, 0.2) is 12.1 Å². The van der Waals surface area contributed by atoms with E-state index in [-0.39, 0.29) is 6.42 Å². The monoisotopic (exact) mass is 399 g/mol. The highest BCUT2D eigenvalue weighted by atomic mass is 35.5. The van der Waals surface area contributed by atoms with Gasteiger partial charge in [-0.05, 0) is 19.3 Å². The number of halogens is 2. The molecule has 0 saturated heterocycles. The second-order valence-corrected chi connectivity index (χ2v) is 7.68. The number of carboxylic acids is 1. The predicted octanol–water partition coefficient (Wildman–Crippen LogP) is 5.77. The van der Waals surface area contributed by atoms with Crippen LogP contribution in [0.25, 0.3) is 11.0 Å². The van der Waals surface area contributed by atoms with Crippen LogP contribution >= 0.6 is 23.2 Å². The van der Waals surface area contributed by atoms with Crippen molar-refractivity contribution in [2.75, 3.05) is 0 Å². The van der Waals surface area contributed by atoms with Crippen molar-refractivity contribution in [3.8, 4) is 0 Å². The number of imidazole rings is 1. The van der Waals surface area contributed by atoms with Gasteiger partial charge >= 0.3 is 5.97 Å². The van der Waals surface area contributed by atoms with Crippen molar-refractivity contribution in [3.63, 3.8) is 0 Å². The van der Waals surface area contributed by atoms with E-state index in [9.17, 15) is 4.79 Å². The van der Waals surface area contributed by atoms with Crippen LogP contribution < -0.4 is 4.57 Å². The van der Waals surface area contributed by atoms with E-state index in [1.807, 2.05) is 12.1 Å². The van der Waals surface area contributed by atoms with E-state index >= 15 is 0 Å². The Labute approximate surface area is 165 Å². The number of fused-ring (bicyclic) bond motifs is 1. The maximum Gasteiger partial charge on any atom is 0.303 e. The normalized spacial score (nSPS) is 11.4. The molecule has 0 aliphatic carbocycles. The maximum absolute atomic E-state index is 10.8. The van der Waals surface area contributed by atoms with E-state index in [4.69, 9.17) is 28.3 Å². The van der Waals surface area contributed by atoms with Crippen molar-refractivity contribution in [1.29, 1.82) is 0 Å². The van der Waals surface area contributed by atoms with Crippen LogP contribution in [0.4, 0.5) is 0 Å². The van der Waals surface area contributed by atoms with Crippen molar-refractivity contribution in [3.05, 3.63) is 28.0 Å². The first-order valence-corrected chi connectivity index (χ1v) is 10.3. The third-order valence-electron chi connectivity index (χ3n) is 4.89. The molecule has 1 heterocycles. The largest absolute Gasteiger partial charge is 0.481 e. The summed E-state index contributed by atoms with van der Waals surface area (Å²) in [6, 6.07) is 3.82. The van der Waals surface area contributed by atoms with Gasteiger partial charge in [0.2, 0.25) is 0 Å². The number of unbranched alkanes of at least 4 members (excludes halogenated alkanes) is 5. The number of aromatic nitrogens is 2. The Morgan fingerprint density at radius 2 is 1.73 bits per heavy atom. The molecule has 0 saturated carbocycles. The second-order valence-electron chi connectivity index (χ2n) is 6.87. The Morgan fingerprint density at radius 1 is 1.08 bits per heavy atom. The minimum absolute atomic E-state index is 0.165. The molecule has 0 radical (unpaired) electrons. The molecule has 0 aliphatic rings. The van der Waals surface area contributed by atoms with Crippen LogP contribution in [0, 0.1) is 6.92 Å². The summed E-state index contributed by atoms with van der Waals surface area (Å²) in [6.45, 7) is 5.92. The van der Waals surface area contributed by atoms with Gasteiger partial charge in [0.1, 0.15) is 0 Å². The van der Waals surface area contributed by atoms with Crippen LogP contribution in [0.5, 0.6) is 0 Å². The second kappa shape index (κ2) is 10.2. The molecule has 4 nitrogen and oxygen atoms in total. The average molecular weight is 400 g/mol. The van der Waals surface area contributed by atoms with E-state index in [1.165, 1.54) is 32.1 Å². The highest BCUT2D eigenvalue weighted by Crippen LogP contribution is 2.28. The van der Waals surface area contributed by atoms with Crippen LogP contribution in [0.2, 0.25) is 10.0 Å². The summed E-state index contributed by atoms with van der Waals surface area (Å²) in [5.41, 5.74) is 2.09. The van der Waals surface area contributed by atoms with Gasteiger partial charge in [-0.25, -0.2) is 9.13 Å². The number of hydrogen-bond acceptors (Lipinski definition) is 1. The zero-order chi connectivity index (χ0) is 19.1. The average Bonchev–Trinajstić information content (AvgIpc) is 2.83. The number of carbonyl (C=O) groups is 1. The van der Waals surface area contributed by atoms with Crippen molar-refractivity contribution in [1.82, 2.24) is 4.57 Å². The lowest BCUT2D eigenvalue weighted by Crippen LogP contribution is -2.36. The molecule has 0 unspecified atom stereocenters. The van der Waals surface area contributed by atoms with Crippen molar-refractivity contribution < 1.29 is 14.5 Å². The highest BCUT2D eigenvalue weighted by Gasteiger charge is 2.23. The van der Waals surface area contributed by atoms with Crippen LogP contribution in [-0.2, 0) is 17.9 Å². The molecular weight excluding hydrogens is 371 g/mol. The van der Waals surface area contributed by atoms with Gasteiger partial charge in [-0.2, -0.15) is 0 Å². The fourth-order valence-corrected chi connectivity index (χ4v) is 3.77. The molecule has 144 valence electrons. The molecule has 0 aliphatic heterocycles. The van der Waals surface area contributed by atoms with E-state index in [1.54, 1.807) is 0 Å². The molecule has 0 bridgehead atoms. The Balaban J connectivity index is 2.20. The van der Waals surface area contributed by atoms with Gasteiger partial charge in [0.05, 0.1) is 23.1 Å². The molecule has 0 amide bonds. The molecule has 2 rings (SSSR count). The number of carboxylic acid groups (broad SMARTS) is 1. The number of benzene rings is 1. The zero-order valence-corrected chi connectivity index (χ0v) is 17.2. The molecule has 26 heavy (non-hydrogen) atoms. The topological polar surface area (TPSA) is 46.1 Å². The van der Waals surface area contributed by atoms with Gasteiger partial charge in [-0.1, -0.05) is 55.8 Å². The fraction of sp³-hybridized carbons (Fsp3) is 0.600. The lowest BCUT2D eigenvalue weighted by atomic mass is 10.1. The molecule has 1 N–H and O–H groups in total. The van der Waals surface area contributed by atoms with E-state index in [2.05, 4.69) is 23.0 Å². The molecular formula is C20H29Cl2N2O2+. The molecule has 1 aromatic carbocycles. The first-order chi connectivity index (χ1) is 12.5. The Hall–Kier alpha value is -1.26. The molecule has 6 heteroatoms. The minimum Gasteiger partial charge on any atom is -0.481 e. The van der Waals surface area contributed by atoms with Crippen LogP contribution in [-0.4, -0.2) is 15.6 Å². The fourth-order valence-electron chi connectivity index (χ4n) is 3.46.